The Labute approximate surface area is 122 Å². The molecule has 0 aromatic heterocycles. The molecule has 0 saturated heterocycles. The number of hydrogen-bond acceptors (Lipinski definition) is 1. The van der Waals surface area contributed by atoms with E-state index in [1.807, 2.05) is 19.2 Å². The highest BCUT2D eigenvalue weighted by Gasteiger charge is 2.18. The summed E-state index contributed by atoms with van der Waals surface area (Å²) < 4.78 is 14.7. The lowest BCUT2D eigenvalue weighted by Crippen LogP contribution is -2.19. The molecule has 100 valence electrons. The van der Waals surface area contributed by atoms with Crippen molar-refractivity contribution in [2.45, 2.75) is 19.9 Å². The summed E-state index contributed by atoms with van der Waals surface area (Å²) in [7, 11) is 1.85. The van der Waals surface area contributed by atoms with E-state index >= 15 is 0 Å². The maximum absolute atomic E-state index is 14.2. The van der Waals surface area contributed by atoms with Crippen molar-refractivity contribution in [2.75, 3.05) is 7.05 Å². The van der Waals surface area contributed by atoms with Crippen LogP contribution in [0.3, 0.4) is 0 Å². The number of aryl methyl sites for hydroxylation is 2. The van der Waals surface area contributed by atoms with Gasteiger partial charge in [-0.2, -0.15) is 0 Å². The highest BCUT2D eigenvalue weighted by atomic mass is 79.9. The van der Waals surface area contributed by atoms with Crippen LogP contribution in [0.1, 0.15) is 28.3 Å². The molecule has 0 amide bonds. The minimum Gasteiger partial charge on any atom is -0.309 e. The van der Waals surface area contributed by atoms with Gasteiger partial charge in [0, 0.05) is 5.56 Å². The Hall–Kier alpha value is -1.19. The van der Waals surface area contributed by atoms with Crippen molar-refractivity contribution in [3.63, 3.8) is 0 Å². The van der Waals surface area contributed by atoms with Gasteiger partial charge in [0.2, 0.25) is 0 Å². The molecule has 0 fully saturated rings. The van der Waals surface area contributed by atoms with E-state index < -0.39 is 0 Å². The second kappa shape index (κ2) is 5.85. The van der Waals surface area contributed by atoms with Crippen molar-refractivity contribution >= 4 is 15.9 Å². The van der Waals surface area contributed by atoms with Gasteiger partial charge >= 0.3 is 0 Å². The number of halogens is 2. The van der Waals surface area contributed by atoms with E-state index in [1.165, 1.54) is 11.1 Å². The van der Waals surface area contributed by atoms with Gasteiger partial charge in [0.15, 0.2) is 0 Å². The Kier molecular flexibility index (Phi) is 4.38. The van der Waals surface area contributed by atoms with Gasteiger partial charge in [0.1, 0.15) is 5.82 Å². The molecule has 0 aliphatic rings. The van der Waals surface area contributed by atoms with Crippen LogP contribution in [0, 0.1) is 19.7 Å². The summed E-state index contributed by atoms with van der Waals surface area (Å²) in [6.07, 6.45) is 0. The Morgan fingerprint density at radius 2 is 1.74 bits per heavy atom. The van der Waals surface area contributed by atoms with Crippen LogP contribution in [-0.2, 0) is 0 Å². The zero-order valence-electron chi connectivity index (χ0n) is 11.3. The molecule has 3 heteroatoms. The number of rotatable bonds is 3. The standard InChI is InChI=1S/C16H17BrFN/c1-10-7-11(2)9-12(8-10)16(19-3)13-5-4-6-14(17)15(13)18/h4-9,16,19H,1-3H3. The predicted molar refractivity (Wildman–Crippen MR) is 80.9 cm³/mol. The van der Waals surface area contributed by atoms with Gasteiger partial charge in [-0.3, -0.25) is 0 Å². The first-order chi connectivity index (χ1) is 9.02. The summed E-state index contributed by atoms with van der Waals surface area (Å²) in [4.78, 5) is 0. The van der Waals surface area contributed by atoms with E-state index in [0.717, 1.165) is 5.56 Å². The molecule has 1 atom stereocenters. The Morgan fingerprint density at radius 1 is 1.11 bits per heavy atom. The lowest BCUT2D eigenvalue weighted by atomic mass is 9.95. The smallest absolute Gasteiger partial charge is 0.142 e. The van der Waals surface area contributed by atoms with Gasteiger partial charge in [-0.15, -0.1) is 0 Å². The summed E-state index contributed by atoms with van der Waals surface area (Å²) in [5.74, 6) is -0.207. The molecule has 2 rings (SSSR count). The molecule has 0 aliphatic heterocycles. The lowest BCUT2D eigenvalue weighted by Gasteiger charge is -2.19. The molecular weight excluding hydrogens is 305 g/mol. The van der Waals surface area contributed by atoms with Crippen molar-refractivity contribution in [2.24, 2.45) is 0 Å². The van der Waals surface area contributed by atoms with Crippen LogP contribution in [0.4, 0.5) is 4.39 Å². The maximum Gasteiger partial charge on any atom is 0.142 e. The number of nitrogens with one attached hydrogen (secondary N) is 1. The van der Waals surface area contributed by atoms with Crippen LogP contribution in [0.2, 0.25) is 0 Å². The summed E-state index contributed by atoms with van der Waals surface area (Å²) in [5.41, 5.74) is 4.11. The second-order valence-corrected chi connectivity index (χ2v) is 5.64. The first-order valence-corrected chi connectivity index (χ1v) is 7.01. The molecule has 19 heavy (non-hydrogen) atoms. The van der Waals surface area contributed by atoms with Crippen LogP contribution in [0.25, 0.3) is 0 Å². The van der Waals surface area contributed by atoms with E-state index in [-0.39, 0.29) is 11.9 Å². The fraction of sp³-hybridized carbons (Fsp3) is 0.250. The number of benzene rings is 2. The van der Waals surface area contributed by atoms with Crippen LogP contribution in [-0.4, -0.2) is 7.05 Å². The van der Waals surface area contributed by atoms with Crippen molar-refractivity contribution in [1.29, 1.82) is 0 Å². The Bertz CT molecular complexity index is 575. The molecule has 0 radical (unpaired) electrons. The molecule has 0 saturated carbocycles. The zero-order chi connectivity index (χ0) is 14.0. The van der Waals surface area contributed by atoms with Gasteiger partial charge in [0.05, 0.1) is 10.5 Å². The third-order valence-corrected chi connectivity index (χ3v) is 3.77. The van der Waals surface area contributed by atoms with E-state index in [0.29, 0.717) is 10.0 Å². The molecule has 0 bridgehead atoms. The van der Waals surface area contributed by atoms with E-state index in [9.17, 15) is 4.39 Å². The topological polar surface area (TPSA) is 12.0 Å². The summed E-state index contributed by atoms with van der Waals surface area (Å²) in [6, 6.07) is 11.5. The SMILES string of the molecule is CNC(c1cc(C)cc(C)c1)c1cccc(Br)c1F. The van der Waals surface area contributed by atoms with E-state index in [4.69, 9.17) is 0 Å². The molecule has 0 aliphatic carbocycles. The van der Waals surface area contributed by atoms with Crippen molar-refractivity contribution in [3.05, 3.63) is 68.9 Å². The minimum absolute atomic E-state index is 0.143. The first-order valence-electron chi connectivity index (χ1n) is 6.22. The highest BCUT2D eigenvalue weighted by molar-refractivity contribution is 9.10. The van der Waals surface area contributed by atoms with Crippen LogP contribution >= 0.6 is 15.9 Å². The minimum atomic E-state index is -0.207. The second-order valence-electron chi connectivity index (χ2n) is 4.79. The van der Waals surface area contributed by atoms with Gasteiger partial charge in [-0.05, 0) is 48.5 Å². The molecule has 2 aromatic carbocycles. The highest BCUT2D eigenvalue weighted by Crippen LogP contribution is 2.29. The summed E-state index contributed by atoms with van der Waals surface area (Å²) in [6.45, 7) is 4.11. The molecular formula is C16H17BrFN. The lowest BCUT2D eigenvalue weighted by molar-refractivity contribution is 0.571. The van der Waals surface area contributed by atoms with E-state index in [1.54, 1.807) is 6.07 Å². The quantitative estimate of drug-likeness (QED) is 0.876. The predicted octanol–water partition coefficient (Wildman–Crippen LogP) is 4.51. The molecule has 0 heterocycles. The number of hydrogen-bond donors (Lipinski definition) is 1. The fourth-order valence-corrected chi connectivity index (χ4v) is 2.80. The maximum atomic E-state index is 14.2. The summed E-state index contributed by atoms with van der Waals surface area (Å²) >= 11 is 3.24. The largest absolute Gasteiger partial charge is 0.309 e. The van der Waals surface area contributed by atoms with Crippen LogP contribution in [0.15, 0.2) is 40.9 Å². The average molecular weight is 322 g/mol. The summed E-state index contributed by atoms with van der Waals surface area (Å²) in [5, 5.41) is 3.20. The van der Waals surface area contributed by atoms with Gasteiger partial charge in [0.25, 0.3) is 0 Å². The molecule has 1 unspecified atom stereocenters. The van der Waals surface area contributed by atoms with Gasteiger partial charge < -0.3 is 5.32 Å². The molecule has 1 nitrogen and oxygen atoms in total. The Balaban J connectivity index is 2.53. The first kappa shape index (κ1) is 14.2. The Morgan fingerprint density at radius 3 is 2.32 bits per heavy atom. The third kappa shape index (κ3) is 3.04. The van der Waals surface area contributed by atoms with Gasteiger partial charge in [-0.1, -0.05) is 41.5 Å². The van der Waals surface area contributed by atoms with Crippen molar-refractivity contribution < 1.29 is 4.39 Å². The molecule has 0 spiro atoms. The van der Waals surface area contributed by atoms with Crippen LogP contribution < -0.4 is 5.32 Å². The molecule has 1 N–H and O–H groups in total. The third-order valence-electron chi connectivity index (χ3n) is 3.16. The molecule has 2 aromatic rings. The van der Waals surface area contributed by atoms with Crippen molar-refractivity contribution in [1.82, 2.24) is 5.32 Å². The zero-order valence-corrected chi connectivity index (χ0v) is 12.9. The van der Waals surface area contributed by atoms with Crippen molar-refractivity contribution in [3.8, 4) is 0 Å². The van der Waals surface area contributed by atoms with Crippen LogP contribution in [0.5, 0.6) is 0 Å². The normalized spacial score (nSPS) is 12.5. The average Bonchev–Trinajstić information content (AvgIpc) is 2.34. The fourth-order valence-electron chi connectivity index (χ4n) is 2.42. The van der Waals surface area contributed by atoms with E-state index in [2.05, 4.69) is 53.3 Å². The van der Waals surface area contributed by atoms with Gasteiger partial charge in [-0.25, -0.2) is 4.39 Å². The monoisotopic (exact) mass is 321 g/mol.